The van der Waals surface area contributed by atoms with E-state index < -0.39 is 26.7 Å². The predicted octanol–water partition coefficient (Wildman–Crippen LogP) is 4.85. The van der Waals surface area contributed by atoms with E-state index >= 15 is 0 Å². The van der Waals surface area contributed by atoms with Gasteiger partial charge in [-0.15, -0.1) is 0 Å². The van der Waals surface area contributed by atoms with Gasteiger partial charge < -0.3 is 0 Å². The van der Waals surface area contributed by atoms with Crippen molar-refractivity contribution in [1.82, 2.24) is 4.72 Å². The minimum atomic E-state index is -4.78. The van der Waals surface area contributed by atoms with Gasteiger partial charge in [-0.05, 0) is 79.9 Å². The Kier molecular flexibility index (Phi) is 4.36. The van der Waals surface area contributed by atoms with E-state index in [2.05, 4.69) is 4.72 Å². The third-order valence-electron chi connectivity index (χ3n) is 6.34. The normalized spacial score (nSPS) is 33.6. The van der Waals surface area contributed by atoms with Crippen molar-refractivity contribution in [1.29, 1.82) is 0 Å². The number of rotatable bonds is 4. The number of alkyl halides is 3. The molecule has 8 heteroatoms. The molecule has 0 radical (unpaired) electrons. The van der Waals surface area contributed by atoms with Crippen molar-refractivity contribution in [2.45, 2.75) is 49.6 Å². The van der Waals surface area contributed by atoms with Crippen LogP contribution in [0.15, 0.2) is 23.1 Å². The molecule has 0 saturated heterocycles. The van der Waals surface area contributed by atoms with E-state index in [1.807, 2.05) is 0 Å². The molecule has 1 N–H and O–H groups in total. The van der Waals surface area contributed by atoms with Crippen LogP contribution in [0, 0.1) is 23.2 Å². The first-order valence-corrected chi connectivity index (χ1v) is 10.8. The summed E-state index contributed by atoms with van der Waals surface area (Å²) in [6, 6.07) is 2.78. The number of hydrogen-bond acceptors (Lipinski definition) is 2. The minimum Gasteiger partial charge on any atom is -0.211 e. The number of nitrogens with one attached hydrogen (secondary N) is 1. The van der Waals surface area contributed by atoms with Crippen LogP contribution in [0.1, 0.15) is 44.1 Å². The van der Waals surface area contributed by atoms with E-state index in [9.17, 15) is 21.6 Å². The van der Waals surface area contributed by atoms with E-state index in [-0.39, 0.29) is 17.0 Å². The molecule has 4 fully saturated rings. The van der Waals surface area contributed by atoms with Gasteiger partial charge in [-0.1, -0.05) is 11.6 Å². The molecule has 0 aliphatic heterocycles. The van der Waals surface area contributed by atoms with Gasteiger partial charge in [0.05, 0.1) is 10.5 Å². The summed E-state index contributed by atoms with van der Waals surface area (Å²) in [6.07, 6.45) is 1.83. The Labute approximate surface area is 156 Å². The van der Waals surface area contributed by atoms with Gasteiger partial charge in [0.25, 0.3) is 0 Å². The lowest BCUT2D eigenvalue weighted by atomic mass is 9.50. The molecule has 3 nitrogen and oxygen atoms in total. The second kappa shape index (κ2) is 6.11. The number of halogens is 4. The summed E-state index contributed by atoms with van der Waals surface area (Å²) in [7, 11) is -4.26. The fourth-order valence-corrected chi connectivity index (χ4v) is 7.33. The molecule has 0 heterocycles. The van der Waals surface area contributed by atoms with Gasteiger partial charge in [0.1, 0.15) is 0 Å². The third kappa shape index (κ3) is 3.38. The fourth-order valence-electron chi connectivity index (χ4n) is 5.79. The Morgan fingerprint density at radius 1 is 1.08 bits per heavy atom. The molecule has 4 aliphatic rings. The van der Waals surface area contributed by atoms with Crippen molar-refractivity contribution in [3.63, 3.8) is 0 Å². The van der Waals surface area contributed by atoms with Crippen LogP contribution in [0.25, 0.3) is 0 Å². The van der Waals surface area contributed by atoms with Gasteiger partial charge in [0.15, 0.2) is 0 Å². The number of sulfonamides is 1. The SMILES string of the molecule is O=S(=O)(NCC12CC3CC(CC(C3)C1)C2)c1ccc(Cl)cc1C(F)(F)F. The molecule has 0 unspecified atom stereocenters. The number of benzene rings is 1. The Morgan fingerprint density at radius 3 is 2.12 bits per heavy atom. The molecule has 4 bridgehead atoms. The van der Waals surface area contributed by atoms with Gasteiger partial charge in [-0.3, -0.25) is 0 Å². The van der Waals surface area contributed by atoms with Crippen LogP contribution >= 0.6 is 11.6 Å². The van der Waals surface area contributed by atoms with Crippen LogP contribution in [0.5, 0.6) is 0 Å². The first-order chi connectivity index (χ1) is 12.1. The maximum absolute atomic E-state index is 13.3. The van der Waals surface area contributed by atoms with Crippen LogP contribution in [0.3, 0.4) is 0 Å². The van der Waals surface area contributed by atoms with E-state index in [1.165, 1.54) is 25.3 Å². The molecule has 0 atom stereocenters. The smallest absolute Gasteiger partial charge is 0.211 e. The average molecular weight is 408 g/mol. The number of hydrogen-bond donors (Lipinski definition) is 1. The lowest BCUT2D eigenvalue weighted by Crippen LogP contribution is -2.51. The van der Waals surface area contributed by atoms with Crippen LogP contribution < -0.4 is 4.72 Å². The quantitative estimate of drug-likeness (QED) is 0.775. The van der Waals surface area contributed by atoms with Crippen molar-refractivity contribution in [3.05, 3.63) is 28.8 Å². The molecule has 1 aromatic carbocycles. The van der Waals surface area contributed by atoms with E-state index in [0.29, 0.717) is 23.8 Å². The van der Waals surface area contributed by atoms with Gasteiger partial charge in [-0.25, -0.2) is 13.1 Å². The van der Waals surface area contributed by atoms with Crippen LogP contribution in [0.2, 0.25) is 5.02 Å². The topological polar surface area (TPSA) is 46.2 Å². The van der Waals surface area contributed by atoms with Crippen LogP contribution in [0.4, 0.5) is 13.2 Å². The van der Waals surface area contributed by atoms with E-state index in [4.69, 9.17) is 11.6 Å². The highest BCUT2D eigenvalue weighted by Gasteiger charge is 2.51. The Balaban J connectivity index is 1.57. The highest BCUT2D eigenvalue weighted by molar-refractivity contribution is 7.89. The summed E-state index contributed by atoms with van der Waals surface area (Å²) in [5.74, 6) is 1.94. The lowest BCUT2D eigenvalue weighted by Gasteiger charge is -2.56. The predicted molar refractivity (Wildman–Crippen MR) is 92.2 cm³/mol. The van der Waals surface area contributed by atoms with Gasteiger partial charge in [0.2, 0.25) is 10.0 Å². The van der Waals surface area contributed by atoms with Crippen molar-refractivity contribution < 1.29 is 21.6 Å². The lowest BCUT2D eigenvalue weighted by molar-refractivity contribution is -0.139. The van der Waals surface area contributed by atoms with Crippen molar-refractivity contribution in [2.24, 2.45) is 23.2 Å². The molecule has 4 aliphatic carbocycles. The van der Waals surface area contributed by atoms with E-state index in [0.717, 1.165) is 25.3 Å². The summed E-state index contributed by atoms with van der Waals surface area (Å²) in [4.78, 5) is -0.751. The van der Waals surface area contributed by atoms with Gasteiger partial charge in [0, 0.05) is 11.6 Å². The molecule has 26 heavy (non-hydrogen) atoms. The van der Waals surface area contributed by atoms with Gasteiger partial charge >= 0.3 is 6.18 Å². The molecule has 4 saturated carbocycles. The fraction of sp³-hybridized carbons (Fsp3) is 0.667. The van der Waals surface area contributed by atoms with Gasteiger partial charge in [-0.2, -0.15) is 13.2 Å². The molecule has 0 aromatic heterocycles. The second-order valence-electron chi connectivity index (χ2n) is 8.38. The minimum absolute atomic E-state index is 0.0906. The van der Waals surface area contributed by atoms with Crippen molar-refractivity contribution in [2.75, 3.05) is 6.54 Å². The molecule has 0 amide bonds. The van der Waals surface area contributed by atoms with Crippen molar-refractivity contribution >= 4 is 21.6 Å². The monoisotopic (exact) mass is 407 g/mol. The Hall–Kier alpha value is -0.790. The zero-order valence-corrected chi connectivity index (χ0v) is 15.7. The summed E-state index contributed by atoms with van der Waals surface area (Å²) in [5, 5.41) is -0.141. The summed E-state index contributed by atoms with van der Waals surface area (Å²) >= 11 is 5.65. The highest BCUT2D eigenvalue weighted by Crippen LogP contribution is 2.59. The summed E-state index contributed by atoms with van der Waals surface area (Å²) in [5.41, 5.74) is -1.31. The largest absolute Gasteiger partial charge is 0.417 e. The molecular formula is C18H21ClF3NO2S. The zero-order chi connectivity index (χ0) is 18.7. The summed E-state index contributed by atoms with van der Waals surface area (Å²) < 4.78 is 67.6. The van der Waals surface area contributed by atoms with Crippen LogP contribution in [-0.4, -0.2) is 15.0 Å². The molecule has 0 spiro atoms. The van der Waals surface area contributed by atoms with Crippen molar-refractivity contribution in [3.8, 4) is 0 Å². The molecule has 5 rings (SSSR count). The zero-order valence-electron chi connectivity index (χ0n) is 14.2. The van der Waals surface area contributed by atoms with Crippen LogP contribution in [-0.2, 0) is 16.2 Å². The maximum Gasteiger partial charge on any atom is 0.417 e. The Bertz CT molecular complexity index is 787. The average Bonchev–Trinajstić information content (AvgIpc) is 2.51. The first kappa shape index (κ1) is 18.6. The molecular weight excluding hydrogens is 387 g/mol. The first-order valence-electron chi connectivity index (χ1n) is 8.93. The Morgan fingerprint density at radius 2 is 1.62 bits per heavy atom. The highest BCUT2D eigenvalue weighted by atomic mass is 35.5. The summed E-state index contributed by atoms with van der Waals surface area (Å²) in [6.45, 7) is 0.221. The molecule has 144 valence electrons. The van der Waals surface area contributed by atoms with E-state index in [1.54, 1.807) is 0 Å². The molecule has 1 aromatic rings. The standard InChI is InChI=1S/C18H21ClF3NO2S/c19-14-1-2-16(15(6-14)18(20,21)22)26(24,25)23-10-17-7-11-3-12(8-17)5-13(4-11)9-17/h1-2,6,11-13,23H,3-5,7-10H2. The second-order valence-corrected chi connectivity index (χ2v) is 10.6. The maximum atomic E-state index is 13.3. The third-order valence-corrected chi connectivity index (χ3v) is 8.03.